The number of carbonyl (C=O) groups is 1. The third-order valence-electron chi connectivity index (χ3n) is 6.86. The zero-order valence-electron chi connectivity index (χ0n) is 21.4. The number of anilines is 3. The number of carbonyl (C=O) groups excluding carboxylic acids is 1. The number of benzene rings is 2. The molecule has 10 heteroatoms. The van der Waals surface area contributed by atoms with Gasteiger partial charge in [0.15, 0.2) is 0 Å². The van der Waals surface area contributed by atoms with Crippen molar-refractivity contribution in [3.63, 3.8) is 0 Å². The summed E-state index contributed by atoms with van der Waals surface area (Å²) in [5.74, 6) is 2.00. The number of likely N-dealkylation sites (tertiary alicyclic amines) is 1. The molecule has 0 unspecified atom stereocenters. The van der Waals surface area contributed by atoms with Crippen molar-refractivity contribution >= 4 is 34.4 Å². The molecule has 0 atom stereocenters. The number of alkyl halides is 1. The van der Waals surface area contributed by atoms with Gasteiger partial charge in [0.25, 0.3) is 0 Å². The van der Waals surface area contributed by atoms with E-state index in [4.69, 9.17) is 9.72 Å². The van der Waals surface area contributed by atoms with Crippen LogP contribution in [0.2, 0.25) is 0 Å². The highest BCUT2D eigenvalue weighted by Gasteiger charge is 2.34. The van der Waals surface area contributed by atoms with Crippen molar-refractivity contribution in [2.75, 3.05) is 36.9 Å². The molecule has 2 aromatic heterocycles. The minimum atomic E-state index is -0.935. The maximum Gasteiger partial charge on any atom is 0.222 e. The van der Waals surface area contributed by atoms with Gasteiger partial charge in [-0.3, -0.25) is 4.79 Å². The van der Waals surface area contributed by atoms with E-state index in [0.29, 0.717) is 55.7 Å². The molecular weight excluding hydrogens is 487 g/mol. The second-order valence-corrected chi connectivity index (χ2v) is 9.57. The van der Waals surface area contributed by atoms with Crippen molar-refractivity contribution < 1.29 is 19.0 Å². The van der Waals surface area contributed by atoms with E-state index < -0.39 is 5.60 Å². The lowest BCUT2D eigenvalue weighted by Crippen LogP contribution is -2.43. The summed E-state index contributed by atoms with van der Waals surface area (Å²) in [4.78, 5) is 22.2. The molecule has 1 fully saturated rings. The average Bonchev–Trinajstić information content (AvgIpc) is 3.20. The summed E-state index contributed by atoms with van der Waals surface area (Å²) < 4.78 is 20.6. The highest BCUT2D eigenvalue weighted by Crippen LogP contribution is 2.35. The number of rotatable bonds is 8. The van der Waals surface area contributed by atoms with Crippen molar-refractivity contribution in [3.05, 3.63) is 66.4 Å². The lowest BCUT2D eigenvalue weighted by atomic mass is 9.84. The maximum absolute atomic E-state index is 12.7. The molecule has 2 aromatic carbocycles. The Morgan fingerprint density at radius 2 is 1.92 bits per heavy atom. The number of fused-ring (bicyclic) bond motifs is 1. The summed E-state index contributed by atoms with van der Waals surface area (Å²) in [5.41, 5.74) is 2.39. The predicted molar refractivity (Wildman–Crippen MR) is 145 cm³/mol. The maximum atomic E-state index is 12.7. The van der Waals surface area contributed by atoms with Crippen molar-refractivity contribution in [2.24, 2.45) is 7.05 Å². The molecule has 1 aliphatic rings. The van der Waals surface area contributed by atoms with Gasteiger partial charge in [-0.05, 0) is 48.7 Å². The second-order valence-electron chi connectivity index (χ2n) is 9.57. The van der Waals surface area contributed by atoms with Crippen LogP contribution >= 0.6 is 0 Å². The van der Waals surface area contributed by atoms with Crippen LogP contribution in [0, 0.1) is 0 Å². The van der Waals surface area contributed by atoms with Crippen molar-refractivity contribution in [1.29, 1.82) is 0 Å². The molecule has 3 N–H and O–H groups in total. The number of pyridine rings is 1. The number of piperidine rings is 1. The Hall–Kier alpha value is -4.02. The van der Waals surface area contributed by atoms with E-state index in [-0.39, 0.29) is 12.6 Å². The summed E-state index contributed by atoms with van der Waals surface area (Å²) >= 11 is 0. The van der Waals surface area contributed by atoms with Gasteiger partial charge in [0.05, 0.1) is 16.6 Å². The highest BCUT2D eigenvalue weighted by molar-refractivity contribution is 5.87. The summed E-state index contributed by atoms with van der Waals surface area (Å²) in [6.45, 7) is 2.81. The molecule has 1 amide bonds. The lowest BCUT2D eigenvalue weighted by molar-refractivity contribution is -0.114. The fraction of sp³-hybridized carbons (Fsp3) is 0.321. The average molecular weight is 519 g/mol. The summed E-state index contributed by atoms with van der Waals surface area (Å²) in [6, 6.07) is 16.8. The molecule has 38 heavy (non-hydrogen) atoms. The van der Waals surface area contributed by atoms with Gasteiger partial charge in [0, 0.05) is 57.6 Å². The number of hydrogen-bond donors (Lipinski definition) is 3. The molecule has 0 aliphatic carbocycles. The highest BCUT2D eigenvalue weighted by atomic mass is 19.1. The first kappa shape index (κ1) is 25.6. The Bertz CT molecular complexity index is 1450. The van der Waals surface area contributed by atoms with Gasteiger partial charge in [-0.1, -0.05) is 12.1 Å². The molecule has 5 rings (SSSR count). The number of imidazole rings is 1. The number of halogens is 1. The molecule has 4 aromatic rings. The van der Waals surface area contributed by atoms with E-state index in [9.17, 15) is 14.3 Å². The first-order chi connectivity index (χ1) is 18.3. The topological polar surface area (TPSA) is 105 Å². The minimum Gasteiger partial charge on any atom is -0.457 e. The molecular formula is C28H31FN6O3. The van der Waals surface area contributed by atoms with Crippen LogP contribution in [-0.2, 0) is 17.4 Å². The first-order valence-corrected chi connectivity index (χ1v) is 12.6. The standard InChI is InChI=1S/C28H31FN6O3/c1-19(36)31-26-18-23(8-12-30-26)38-22-6-7-25-24(17-22)33-27(34(25)2)32-21-5-3-4-20(16-21)28(37)9-13-35(14-10-28)15-11-29/h3-8,12,16-18,37H,9-11,13-15H2,1-2H3,(H,32,33)(H,30,31,36). The van der Waals surface area contributed by atoms with E-state index >= 15 is 0 Å². The van der Waals surface area contributed by atoms with Crippen LogP contribution in [0.1, 0.15) is 25.3 Å². The van der Waals surface area contributed by atoms with Crippen LogP contribution in [0.3, 0.4) is 0 Å². The summed E-state index contributed by atoms with van der Waals surface area (Å²) in [7, 11) is 1.93. The Balaban J connectivity index is 1.32. The molecule has 198 valence electrons. The van der Waals surface area contributed by atoms with Gasteiger partial charge in [0.1, 0.15) is 24.0 Å². The lowest BCUT2D eigenvalue weighted by Gasteiger charge is -2.38. The number of aromatic nitrogens is 3. The Labute approximate surface area is 220 Å². The fourth-order valence-corrected chi connectivity index (χ4v) is 4.78. The van der Waals surface area contributed by atoms with E-state index in [0.717, 1.165) is 22.3 Å². The van der Waals surface area contributed by atoms with Crippen LogP contribution in [0.4, 0.5) is 21.8 Å². The molecule has 1 aliphatic heterocycles. The van der Waals surface area contributed by atoms with Crippen LogP contribution < -0.4 is 15.4 Å². The number of aliphatic hydroxyl groups is 1. The van der Waals surface area contributed by atoms with Gasteiger partial charge < -0.3 is 29.9 Å². The third-order valence-corrected chi connectivity index (χ3v) is 6.86. The quantitative estimate of drug-likeness (QED) is 0.310. The largest absolute Gasteiger partial charge is 0.457 e. The Morgan fingerprint density at radius 3 is 2.68 bits per heavy atom. The van der Waals surface area contributed by atoms with Gasteiger partial charge in [-0.15, -0.1) is 0 Å². The monoisotopic (exact) mass is 518 g/mol. The van der Waals surface area contributed by atoms with E-state index in [1.54, 1.807) is 18.3 Å². The number of aryl methyl sites for hydroxylation is 1. The smallest absolute Gasteiger partial charge is 0.222 e. The molecule has 0 saturated carbocycles. The Kier molecular flexibility index (Phi) is 7.26. The number of nitrogens with one attached hydrogen (secondary N) is 2. The Morgan fingerprint density at radius 1 is 1.13 bits per heavy atom. The van der Waals surface area contributed by atoms with Gasteiger partial charge in [0.2, 0.25) is 11.9 Å². The normalized spacial score (nSPS) is 15.4. The molecule has 0 bridgehead atoms. The number of hydrogen-bond acceptors (Lipinski definition) is 7. The van der Waals surface area contributed by atoms with Crippen LogP contribution in [0.15, 0.2) is 60.8 Å². The molecule has 9 nitrogen and oxygen atoms in total. The summed E-state index contributed by atoms with van der Waals surface area (Å²) in [6.07, 6.45) is 2.70. The van der Waals surface area contributed by atoms with Gasteiger partial charge in [-0.25, -0.2) is 14.4 Å². The zero-order chi connectivity index (χ0) is 26.7. The van der Waals surface area contributed by atoms with Crippen LogP contribution in [-0.4, -0.2) is 56.8 Å². The van der Waals surface area contributed by atoms with E-state index in [1.807, 2.05) is 59.0 Å². The van der Waals surface area contributed by atoms with Gasteiger partial charge in [-0.2, -0.15) is 0 Å². The SMILES string of the molecule is CC(=O)Nc1cc(Oc2ccc3c(c2)nc(Nc2cccc(C4(O)CCN(CCF)CC4)c2)n3C)ccn1. The van der Waals surface area contributed by atoms with Crippen molar-refractivity contribution in [1.82, 2.24) is 19.4 Å². The van der Waals surface area contributed by atoms with Gasteiger partial charge >= 0.3 is 0 Å². The van der Waals surface area contributed by atoms with Crippen molar-refractivity contribution in [3.8, 4) is 11.5 Å². The van der Waals surface area contributed by atoms with E-state index in [1.165, 1.54) is 6.92 Å². The third kappa shape index (κ3) is 5.61. The minimum absolute atomic E-state index is 0.205. The molecule has 3 heterocycles. The molecule has 0 radical (unpaired) electrons. The van der Waals surface area contributed by atoms with Crippen LogP contribution in [0.5, 0.6) is 11.5 Å². The fourth-order valence-electron chi connectivity index (χ4n) is 4.78. The number of amides is 1. The van der Waals surface area contributed by atoms with E-state index in [2.05, 4.69) is 15.6 Å². The first-order valence-electron chi connectivity index (χ1n) is 12.6. The zero-order valence-corrected chi connectivity index (χ0v) is 21.4. The summed E-state index contributed by atoms with van der Waals surface area (Å²) in [5, 5.41) is 17.3. The predicted octanol–water partition coefficient (Wildman–Crippen LogP) is 4.72. The number of nitrogens with zero attached hydrogens (tertiary/aromatic N) is 4. The van der Waals surface area contributed by atoms with Crippen molar-refractivity contribution in [2.45, 2.75) is 25.4 Å². The molecule has 0 spiro atoms. The second kappa shape index (κ2) is 10.8. The molecule has 1 saturated heterocycles. The van der Waals surface area contributed by atoms with Crippen LogP contribution in [0.25, 0.3) is 11.0 Å². The number of ether oxygens (including phenoxy) is 1.